The second kappa shape index (κ2) is 12.6. The number of sulfonamides is 1. The Kier molecular flexibility index (Phi) is 8.18. The number of hydrogen-bond acceptors (Lipinski definition) is 7. The number of rotatable bonds is 7. The number of benzene rings is 3. The Morgan fingerprint density at radius 1 is 0.962 bits per heavy atom. The summed E-state index contributed by atoms with van der Waals surface area (Å²) in [4.78, 5) is 25.2. The lowest BCUT2D eigenvalue weighted by Crippen LogP contribution is -2.39. The lowest BCUT2D eigenvalue weighted by molar-refractivity contribution is -0.0570. The topological polar surface area (TPSA) is 113 Å². The van der Waals surface area contributed by atoms with Gasteiger partial charge in [0.15, 0.2) is 0 Å². The number of carbonyl (C=O) groups is 1. The second-order valence-corrected chi connectivity index (χ2v) is 15.3. The second-order valence-electron chi connectivity index (χ2n) is 13.3. The molecule has 0 saturated carbocycles. The molecule has 1 amide bonds. The van der Waals surface area contributed by atoms with E-state index in [9.17, 15) is 26.4 Å². The molecule has 7 aromatic rings. The molecule has 1 N–H and O–H groups in total. The summed E-state index contributed by atoms with van der Waals surface area (Å²) in [5.74, 6) is -3.46. The summed E-state index contributed by atoms with van der Waals surface area (Å²) < 4.78 is 92.0. The number of pyridine rings is 1. The van der Waals surface area contributed by atoms with E-state index in [2.05, 4.69) is 5.32 Å². The largest absolute Gasteiger partial charge is 0.455 e. The molecule has 272 valence electrons. The Balaban J connectivity index is 1.37. The number of amides is 1. The highest BCUT2D eigenvalue weighted by Gasteiger charge is 2.34. The van der Waals surface area contributed by atoms with Gasteiger partial charge in [-0.3, -0.25) is 18.4 Å². The van der Waals surface area contributed by atoms with Crippen LogP contribution in [0.2, 0.25) is 0 Å². The van der Waals surface area contributed by atoms with Crippen molar-refractivity contribution in [2.75, 3.05) is 37.7 Å². The Bertz CT molecular complexity index is 2720. The van der Waals surface area contributed by atoms with E-state index in [1.807, 2.05) is 4.90 Å². The molecule has 0 spiro atoms. The number of aromatic nitrogens is 3. The Hall–Kier alpha value is -5.54. The highest BCUT2D eigenvalue weighted by Crippen LogP contribution is 2.42. The maximum atomic E-state index is 15.3. The van der Waals surface area contributed by atoms with Gasteiger partial charge >= 0.3 is 0 Å². The first-order chi connectivity index (χ1) is 25.2. The van der Waals surface area contributed by atoms with E-state index < -0.39 is 33.5 Å². The molecule has 1 aliphatic heterocycles. The van der Waals surface area contributed by atoms with Crippen molar-refractivity contribution in [3.05, 3.63) is 95.8 Å². The molecule has 0 radical (unpaired) electrons. The Morgan fingerprint density at radius 3 is 2.40 bits per heavy atom. The normalized spacial score (nSPS) is 15.2. The van der Waals surface area contributed by atoms with Gasteiger partial charge in [-0.25, -0.2) is 35.9 Å². The number of likely N-dealkylation sites (tertiary alicyclic amines) is 1. The van der Waals surface area contributed by atoms with Gasteiger partial charge in [-0.15, -0.1) is 0 Å². The minimum Gasteiger partial charge on any atom is -0.455 e. The van der Waals surface area contributed by atoms with Crippen LogP contribution in [-0.4, -0.2) is 73.0 Å². The fourth-order valence-corrected chi connectivity index (χ4v) is 7.50. The molecule has 0 aliphatic carbocycles. The van der Waals surface area contributed by atoms with E-state index in [1.165, 1.54) is 50.5 Å². The van der Waals surface area contributed by atoms with Crippen molar-refractivity contribution < 1.29 is 35.2 Å². The standard InChI is InChI=1S/C38H32F4N6O4S/c1-43-37(49)34-25-17-24(30(46(2)53(3,50)51)19-32(25)52-36(34)21-7-9-22(39)10-8-21)27-11-12-28-35(45-27)31-18-23-26(40)5-4-6-29(23)48(31)33(44-28)20-47-15-13-38(41,42)14-16-47/h4-12,17-19H,13-16,20H2,1-3H3,(H,43,49). The molecule has 1 aliphatic rings. The van der Waals surface area contributed by atoms with Crippen molar-refractivity contribution in [2.45, 2.75) is 25.3 Å². The number of carbonyl (C=O) groups excluding carboxylic acids is 1. The molecule has 1 fully saturated rings. The summed E-state index contributed by atoms with van der Waals surface area (Å²) in [7, 11) is -0.982. The average Bonchev–Trinajstić information content (AvgIpc) is 3.71. The van der Waals surface area contributed by atoms with Crippen LogP contribution in [0.5, 0.6) is 0 Å². The number of hydrogen-bond donors (Lipinski definition) is 1. The molecule has 10 nitrogen and oxygen atoms in total. The lowest BCUT2D eigenvalue weighted by Gasteiger charge is -2.31. The van der Waals surface area contributed by atoms with Crippen LogP contribution in [0.3, 0.4) is 0 Å². The first kappa shape index (κ1) is 34.5. The summed E-state index contributed by atoms with van der Waals surface area (Å²) in [5.41, 5.74) is 3.52. The SMILES string of the molecule is CNC(=O)c1c(-c2ccc(F)cc2)oc2cc(N(C)S(C)(=O)=O)c(-c3ccc4nc(CN5CCC(F)(F)CC5)n5c6cccc(F)c6cc5c4n3)cc12. The fraction of sp³-hybridized carbons (Fsp3) is 0.237. The van der Waals surface area contributed by atoms with Gasteiger partial charge < -0.3 is 9.73 Å². The van der Waals surface area contributed by atoms with Gasteiger partial charge in [-0.05, 0) is 60.7 Å². The molecular formula is C38H32F4N6O4S. The minimum absolute atomic E-state index is 0.155. The average molecular weight is 745 g/mol. The van der Waals surface area contributed by atoms with Crippen molar-refractivity contribution in [2.24, 2.45) is 0 Å². The lowest BCUT2D eigenvalue weighted by atomic mass is 10.0. The molecule has 0 unspecified atom stereocenters. The zero-order chi connectivity index (χ0) is 37.4. The molecule has 4 aromatic heterocycles. The molecule has 3 aromatic carbocycles. The number of anilines is 1. The Labute approximate surface area is 300 Å². The van der Waals surface area contributed by atoms with E-state index in [0.717, 1.165) is 10.6 Å². The van der Waals surface area contributed by atoms with Crippen LogP contribution in [0.25, 0.3) is 61.0 Å². The number of nitrogens with zero attached hydrogens (tertiary/aromatic N) is 5. The predicted octanol–water partition coefficient (Wildman–Crippen LogP) is 7.38. The van der Waals surface area contributed by atoms with Crippen LogP contribution in [0.15, 0.2) is 77.2 Å². The molecule has 1 saturated heterocycles. The first-order valence-corrected chi connectivity index (χ1v) is 18.6. The van der Waals surface area contributed by atoms with Crippen molar-refractivity contribution in [1.82, 2.24) is 24.6 Å². The van der Waals surface area contributed by atoms with Crippen LogP contribution >= 0.6 is 0 Å². The van der Waals surface area contributed by atoms with Gasteiger partial charge in [0.2, 0.25) is 10.0 Å². The number of alkyl halides is 2. The fourth-order valence-electron chi connectivity index (χ4n) is 6.99. The molecule has 0 atom stereocenters. The third-order valence-corrected chi connectivity index (χ3v) is 11.0. The third kappa shape index (κ3) is 6.03. The summed E-state index contributed by atoms with van der Waals surface area (Å²) in [5, 5.41) is 3.30. The molecular weight excluding hydrogens is 713 g/mol. The maximum absolute atomic E-state index is 15.3. The zero-order valence-corrected chi connectivity index (χ0v) is 29.6. The van der Waals surface area contributed by atoms with Crippen molar-refractivity contribution in [3.63, 3.8) is 0 Å². The van der Waals surface area contributed by atoms with Gasteiger partial charge in [-0.1, -0.05) is 6.07 Å². The smallest absolute Gasteiger partial charge is 0.255 e. The number of nitrogens with one attached hydrogen (secondary N) is 1. The summed E-state index contributed by atoms with van der Waals surface area (Å²) in [6.07, 6.45) is 0.512. The van der Waals surface area contributed by atoms with E-state index in [4.69, 9.17) is 14.4 Å². The minimum atomic E-state index is -3.83. The summed E-state index contributed by atoms with van der Waals surface area (Å²) >= 11 is 0. The maximum Gasteiger partial charge on any atom is 0.255 e. The van der Waals surface area contributed by atoms with Crippen molar-refractivity contribution in [3.8, 4) is 22.6 Å². The van der Waals surface area contributed by atoms with Crippen LogP contribution in [-0.2, 0) is 16.6 Å². The molecule has 5 heterocycles. The van der Waals surface area contributed by atoms with Gasteiger partial charge in [0.1, 0.15) is 34.3 Å². The van der Waals surface area contributed by atoms with Crippen LogP contribution in [0.4, 0.5) is 23.2 Å². The van der Waals surface area contributed by atoms with E-state index in [1.54, 1.807) is 40.8 Å². The quantitative estimate of drug-likeness (QED) is 0.170. The first-order valence-electron chi connectivity index (χ1n) is 16.7. The summed E-state index contributed by atoms with van der Waals surface area (Å²) in [6.45, 7) is 0.587. The molecule has 8 rings (SSSR count). The van der Waals surface area contributed by atoms with Gasteiger partial charge in [0.05, 0.1) is 46.3 Å². The van der Waals surface area contributed by atoms with E-state index >= 15 is 4.39 Å². The highest BCUT2D eigenvalue weighted by atomic mass is 32.2. The van der Waals surface area contributed by atoms with Gasteiger partial charge in [-0.2, -0.15) is 0 Å². The highest BCUT2D eigenvalue weighted by molar-refractivity contribution is 7.92. The summed E-state index contributed by atoms with van der Waals surface area (Å²) in [6, 6.07) is 18.3. The number of piperidine rings is 1. The third-order valence-electron chi connectivity index (χ3n) is 9.85. The number of furan rings is 1. The van der Waals surface area contributed by atoms with Gasteiger partial charge in [0.25, 0.3) is 11.8 Å². The van der Waals surface area contributed by atoms with E-state index in [-0.39, 0.29) is 55.1 Å². The molecule has 0 bridgehead atoms. The Morgan fingerprint density at radius 2 is 1.70 bits per heavy atom. The molecule has 53 heavy (non-hydrogen) atoms. The van der Waals surface area contributed by atoms with E-state index in [0.29, 0.717) is 55.5 Å². The molecule has 15 heteroatoms. The number of halogens is 4. The number of fused-ring (bicyclic) bond motifs is 6. The van der Waals surface area contributed by atoms with Crippen molar-refractivity contribution in [1.29, 1.82) is 0 Å². The van der Waals surface area contributed by atoms with Crippen LogP contribution in [0, 0.1) is 11.6 Å². The van der Waals surface area contributed by atoms with Crippen molar-refractivity contribution >= 4 is 60.0 Å². The van der Waals surface area contributed by atoms with Gasteiger partial charge in [0, 0.05) is 68.0 Å². The van der Waals surface area contributed by atoms with Crippen LogP contribution < -0.4 is 9.62 Å². The van der Waals surface area contributed by atoms with Crippen LogP contribution in [0.1, 0.15) is 29.0 Å². The zero-order valence-electron chi connectivity index (χ0n) is 28.8. The predicted molar refractivity (Wildman–Crippen MR) is 195 cm³/mol. The monoisotopic (exact) mass is 744 g/mol.